The van der Waals surface area contributed by atoms with Gasteiger partial charge in [0.25, 0.3) is 0 Å². The molecule has 0 radical (unpaired) electrons. The summed E-state index contributed by atoms with van der Waals surface area (Å²) in [7, 11) is 0. The van der Waals surface area contributed by atoms with Gasteiger partial charge in [-0.05, 0) is 28.1 Å². The maximum absolute atomic E-state index is 5.35. The van der Waals surface area contributed by atoms with E-state index in [-0.39, 0.29) is 0 Å². The second-order valence-corrected chi connectivity index (χ2v) is 7.77. The van der Waals surface area contributed by atoms with Crippen molar-refractivity contribution in [1.82, 2.24) is 15.5 Å². The zero-order valence-corrected chi connectivity index (χ0v) is 14.6. The summed E-state index contributed by atoms with van der Waals surface area (Å²) in [5, 5.41) is 7.55. The number of halogens is 1. The number of nitrogens with zero attached hydrogens (tertiary/aromatic N) is 2. The number of nitrogens with one attached hydrogen (secondary N) is 1. The molecule has 2 heterocycles. The molecule has 1 aliphatic heterocycles. The molecule has 7 heteroatoms. The van der Waals surface area contributed by atoms with Crippen molar-refractivity contribution < 1.29 is 4.52 Å². The number of hydrogen-bond donors (Lipinski definition) is 1. The highest BCUT2D eigenvalue weighted by atomic mass is 79.9. The van der Waals surface area contributed by atoms with Gasteiger partial charge in [-0.3, -0.25) is 0 Å². The Bertz CT molecular complexity index is 587. The van der Waals surface area contributed by atoms with Crippen LogP contribution in [0.2, 0.25) is 0 Å². The van der Waals surface area contributed by atoms with Gasteiger partial charge in [0, 0.05) is 39.9 Å². The van der Waals surface area contributed by atoms with Crippen LogP contribution >= 0.6 is 39.5 Å². The molecule has 1 N–H and O–H groups in total. The largest absolute Gasteiger partial charge is 0.339 e. The second-order valence-electron chi connectivity index (χ2n) is 4.75. The molecule has 4 nitrogen and oxygen atoms in total. The molecule has 1 saturated heterocycles. The summed E-state index contributed by atoms with van der Waals surface area (Å²) in [5.41, 5.74) is 0. The number of aromatic nitrogens is 2. The number of hydrogen-bond acceptors (Lipinski definition) is 6. The van der Waals surface area contributed by atoms with E-state index in [0.717, 1.165) is 40.7 Å². The highest BCUT2D eigenvalue weighted by Crippen LogP contribution is 2.29. The van der Waals surface area contributed by atoms with Crippen molar-refractivity contribution in [1.29, 1.82) is 0 Å². The molecule has 1 atom stereocenters. The SMILES string of the molecule is Brc1ccccc1SCc1noc(CC2CSCCN2)n1. The van der Waals surface area contributed by atoms with Crippen LogP contribution in [0, 0.1) is 0 Å². The Morgan fingerprint density at radius 3 is 3.14 bits per heavy atom. The summed E-state index contributed by atoms with van der Waals surface area (Å²) in [5.74, 6) is 4.52. The van der Waals surface area contributed by atoms with E-state index < -0.39 is 0 Å². The Kier molecular flexibility index (Phi) is 5.62. The maximum Gasteiger partial charge on any atom is 0.228 e. The van der Waals surface area contributed by atoms with Crippen molar-refractivity contribution in [2.24, 2.45) is 0 Å². The molecule has 112 valence electrons. The van der Waals surface area contributed by atoms with Gasteiger partial charge in [0.1, 0.15) is 0 Å². The van der Waals surface area contributed by atoms with E-state index in [1.807, 2.05) is 30.0 Å². The van der Waals surface area contributed by atoms with E-state index in [4.69, 9.17) is 4.52 Å². The predicted octanol–water partition coefficient (Wildman–Crippen LogP) is 3.37. The van der Waals surface area contributed by atoms with Gasteiger partial charge in [0.05, 0.1) is 5.75 Å². The lowest BCUT2D eigenvalue weighted by Gasteiger charge is -2.21. The molecule has 1 fully saturated rings. The molecule has 1 aromatic carbocycles. The fourth-order valence-corrected chi connectivity index (χ4v) is 4.46. The average Bonchev–Trinajstić information content (AvgIpc) is 2.95. The van der Waals surface area contributed by atoms with Crippen LogP contribution in [-0.4, -0.2) is 34.2 Å². The van der Waals surface area contributed by atoms with Crippen molar-refractivity contribution in [3.05, 3.63) is 40.5 Å². The van der Waals surface area contributed by atoms with Crippen molar-refractivity contribution in [3.8, 4) is 0 Å². The highest BCUT2D eigenvalue weighted by Gasteiger charge is 2.17. The normalized spacial score (nSPS) is 18.8. The molecule has 21 heavy (non-hydrogen) atoms. The zero-order chi connectivity index (χ0) is 14.5. The summed E-state index contributed by atoms with van der Waals surface area (Å²) in [6, 6.07) is 8.61. The van der Waals surface area contributed by atoms with E-state index in [9.17, 15) is 0 Å². The minimum absolute atomic E-state index is 0.452. The third kappa shape index (κ3) is 4.48. The Balaban J connectivity index is 1.54. The van der Waals surface area contributed by atoms with Crippen LogP contribution in [-0.2, 0) is 12.2 Å². The molecular formula is C14H16BrN3OS2. The minimum atomic E-state index is 0.452. The lowest BCUT2D eigenvalue weighted by Crippen LogP contribution is -2.38. The van der Waals surface area contributed by atoms with Gasteiger partial charge < -0.3 is 9.84 Å². The van der Waals surface area contributed by atoms with E-state index in [1.165, 1.54) is 10.6 Å². The second kappa shape index (κ2) is 7.67. The first-order valence-electron chi connectivity index (χ1n) is 6.81. The van der Waals surface area contributed by atoms with Gasteiger partial charge in [0.2, 0.25) is 5.89 Å². The smallest absolute Gasteiger partial charge is 0.228 e. The van der Waals surface area contributed by atoms with Crippen LogP contribution in [0.1, 0.15) is 11.7 Å². The molecule has 0 bridgehead atoms. The third-order valence-electron chi connectivity index (χ3n) is 3.12. The van der Waals surface area contributed by atoms with Crippen molar-refractivity contribution >= 4 is 39.5 Å². The van der Waals surface area contributed by atoms with Crippen LogP contribution in [0.5, 0.6) is 0 Å². The maximum atomic E-state index is 5.35. The summed E-state index contributed by atoms with van der Waals surface area (Å²) >= 11 is 7.23. The van der Waals surface area contributed by atoms with Crippen molar-refractivity contribution in [2.45, 2.75) is 23.1 Å². The zero-order valence-electron chi connectivity index (χ0n) is 11.4. The van der Waals surface area contributed by atoms with E-state index in [1.54, 1.807) is 11.8 Å². The monoisotopic (exact) mass is 385 g/mol. The molecule has 3 rings (SSSR count). The fourth-order valence-electron chi connectivity index (χ4n) is 2.10. The van der Waals surface area contributed by atoms with E-state index >= 15 is 0 Å². The molecular weight excluding hydrogens is 370 g/mol. The average molecular weight is 386 g/mol. The Hall–Kier alpha value is -0.500. The molecule has 0 aliphatic carbocycles. The summed E-state index contributed by atoms with van der Waals surface area (Å²) < 4.78 is 6.45. The summed E-state index contributed by atoms with van der Waals surface area (Å²) in [6.07, 6.45) is 0.819. The van der Waals surface area contributed by atoms with Gasteiger partial charge >= 0.3 is 0 Å². The molecule has 1 unspecified atom stereocenters. The Morgan fingerprint density at radius 1 is 1.43 bits per heavy atom. The van der Waals surface area contributed by atoms with Gasteiger partial charge in [-0.25, -0.2) is 0 Å². The summed E-state index contributed by atoms with van der Waals surface area (Å²) in [6.45, 7) is 1.06. The number of rotatable bonds is 5. The quantitative estimate of drug-likeness (QED) is 0.796. The van der Waals surface area contributed by atoms with Crippen LogP contribution < -0.4 is 5.32 Å². The molecule has 1 aliphatic rings. The Morgan fingerprint density at radius 2 is 2.33 bits per heavy atom. The topological polar surface area (TPSA) is 51.0 Å². The van der Waals surface area contributed by atoms with Crippen molar-refractivity contribution in [2.75, 3.05) is 18.1 Å². The highest BCUT2D eigenvalue weighted by molar-refractivity contribution is 9.10. The minimum Gasteiger partial charge on any atom is -0.339 e. The lowest BCUT2D eigenvalue weighted by atomic mass is 10.2. The van der Waals surface area contributed by atoms with Crippen LogP contribution in [0.25, 0.3) is 0 Å². The van der Waals surface area contributed by atoms with E-state index in [0.29, 0.717) is 6.04 Å². The molecule has 1 aromatic heterocycles. The van der Waals surface area contributed by atoms with E-state index in [2.05, 4.69) is 37.5 Å². The summed E-state index contributed by atoms with van der Waals surface area (Å²) in [4.78, 5) is 5.67. The van der Waals surface area contributed by atoms with Crippen LogP contribution in [0.3, 0.4) is 0 Å². The molecule has 0 saturated carbocycles. The van der Waals surface area contributed by atoms with Crippen LogP contribution in [0.15, 0.2) is 38.2 Å². The molecule has 0 spiro atoms. The molecule has 2 aromatic rings. The van der Waals surface area contributed by atoms with Gasteiger partial charge in [0.15, 0.2) is 5.82 Å². The lowest BCUT2D eigenvalue weighted by molar-refractivity contribution is 0.359. The van der Waals surface area contributed by atoms with Gasteiger partial charge in [-0.1, -0.05) is 17.3 Å². The first kappa shape index (κ1) is 15.4. The first-order valence-corrected chi connectivity index (χ1v) is 9.74. The Labute approximate surface area is 141 Å². The first-order chi connectivity index (χ1) is 10.3. The fraction of sp³-hybridized carbons (Fsp3) is 0.429. The van der Waals surface area contributed by atoms with Crippen LogP contribution in [0.4, 0.5) is 0 Å². The predicted molar refractivity (Wildman–Crippen MR) is 90.8 cm³/mol. The third-order valence-corrected chi connectivity index (χ3v) is 6.28. The van der Waals surface area contributed by atoms with Crippen molar-refractivity contribution in [3.63, 3.8) is 0 Å². The standard InChI is InChI=1S/C14H16BrN3OS2/c15-11-3-1-2-4-12(11)21-9-13-17-14(19-18-13)7-10-8-20-6-5-16-10/h1-4,10,16H,5-9H2. The van der Waals surface area contributed by atoms with Gasteiger partial charge in [-0.2, -0.15) is 16.7 Å². The molecule has 0 amide bonds. The number of thioether (sulfide) groups is 2. The number of benzene rings is 1. The van der Waals surface area contributed by atoms with Gasteiger partial charge in [-0.15, -0.1) is 11.8 Å².